The van der Waals surface area contributed by atoms with Gasteiger partial charge in [0.2, 0.25) is 0 Å². The van der Waals surface area contributed by atoms with Gasteiger partial charge in [-0.2, -0.15) is 0 Å². The smallest absolute Gasteiger partial charge is 0.409 e. The first-order valence-electron chi connectivity index (χ1n) is 5.79. The first-order valence-corrected chi connectivity index (χ1v) is 6.61. The molecule has 6 nitrogen and oxygen atoms in total. The molecule has 0 atom stereocenters. The summed E-state index contributed by atoms with van der Waals surface area (Å²) in [4.78, 5) is 24.2. The Bertz CT molecular complexity index is 639. The van der Waals surface area contributed by atoms with Crippen LogP contribution in [0.25, 0.3) is 0 Å². The van der Waals surface area contributed by atoms with E-state index in [1.165, 1.54) is 11.3 Å². The lowest BCUT2D eigenvalue weighted by atomic mass is 10.2. The van der Waals surface area contributed by atoms with Gasteiger partial charge in [-0.05, 0) is 24.3 Å². The lowest BCUT2D eigenvalue weighted by Crippen LogP contribution is -2.14. The number of carbonyl (C=O) groups is 2. The summed E-state index contributed by atoms with van der Waals surface area (Å²) in [6, 6.07) is 10.1. The predicted molar refractivity (Wildman–Crippen MR) is 78.3 cm³/mol. The van der Waals surface area contributed by atoms with Crippen LogP contribution in [-0.2, 0) is 6.54 Å². The molecule has 2 amide bonds. The molecule has 5 N–H and O–H groups in total. The topological polar surface area (TPSA) is 104 Å². The van der Waals surface area contributed by atoms with Crippen LogP contribution in [0.4, 0.5) is 16.2 Å². The van der Waals surface area contributed by atoms with Crippen LogP contribution in [0.5, 0.6) is 0 Å². The third-order valence-corrected chi connectivity index (χ3v) is 3.61. The molecule has 2 rings (SSSR count). The molecule has 0 aliphatic carbocycles. The van der Waals surface area contributed by atoms with E-state index < -0.39 is 6.09 Å². The quantitative estimate of drug-likeness (QED) is 0.694. The number of anilines is 2. The maximum Gasteiger partial charge on any atom is 0.409 e. The van der Waals surface area contributed by atoms with Crippen molar-refractivity contribution in [3.63, 3.8) is 0 Å². The second-order valence-electron chi connectivity index (χ2n) is 3.90. The van der Waals surface area contributed by atoms with E-state index in [2.05, 4.69) is 10.6 Å². The molecular formula is C13H13N3O3S. The molecule has 0 aliphatic rings. The number of carboxylic acid groups (broad SMARTS) is 1. The number of hydrogen-bond acceptors (Lipinski definition) is 4. The van der Waals surface area contributed by atoms with Gasteiger partial charge in [0, 0.05) is 11.4 Å². The highest BCUT2D eigenvalue weighted by Gasteiger charge is 2.12. The van der Waals surface area contributed by atoms with Gasteiger partial charge in [0.1, 0.15) is 0 Å². The van der Waals surface area contributed by atoms with Gasteiger partial charge >= 0.3 is 6.09 Å². The van der Waals surface area contributed by atoms with Crippen LogP contribution in [0.15, 0.2) is 36.4 Å². The third kappa shape index (κ3) is 3.34. The Kier molecular flexibility index (Phi) is 4.34. The highest BCUT2D eigenvalue weighted by atomic mass is 32.1. The molecule has 0 aliphatic heterocycles. The minimum absolute atomic E-state index is 0.297. The molecule has 1 aromatic carbocycles. The summed E-state index contributed by atoms with van der Waals surface area (Å²) in [6.07, 6.45) is -1.19. The van der Waals surface area contributed by atoms with Crippen molar-refractivity contribution in [2.45, 2.75) is 6.54 Å². The van der Waals surface area contributed by atoms with E-state index in [0.717, 1.165) is 4.88 Å². The van der Waals surface area contributed by atoms with Crippen LogP contribution in [-0.4, -0.2) is 17.1 Å². The summed E-state index contributed by atoms with van der Waals surface area (Å²) >= 11 is 1.31. The molecule has 0 fully saturated rings. The SMILES string of the molecule is NCc1ccc(C(=O)Nc2ccccc2NC(=O)O)s1. The number of nitrogens with two attached hydrogens (primary N) is 1. The van der Waals surface area contributed by atoms with E-state index in [4.69, 9.17) is 10.8 Å². The first kappa shape index (κ1) is 14.0. The Hall–Kier alpha value is -2.38. The number of para-hydroxylation sites is 2. The van der Waals surface area contributed by atoms with Crippen molar-refractivity contribution in [3.8, 4) is 0 Å². The molecule has 0 unspecified atom stereocenters. The van der Waals surface area contributed by atoms with Crippen LogP contribution < -0.4 is 16.4 Å². The Morgan fingerprint density at radius 3 is 2.30 bits per heavy atom. The van der Waals surface area contributed by atoms with Crippen LogP contribution >= 0.6 is 11.3 Å². The number of hydrogen-bond donors (Lipinski definition) is 4. The summed E-state index contributed by atoms with van der Waals surface area (Å²) in [6.45, 7) is 0.384. The largest absolute Gasteiger partial charge is 0.465 e. The zero-order valence-corrected chi connectivity index (χ0v) is 11.2. The average molecular weight is 291 g/mol. The van der Waals surface area contributed by atoms with Gasteiger partial charge in [0.25, 0.3) is 5.91 Å². The van der Waals surface area contributed by atoms with E-state index in [0.29, 0.717) is 22.8 Å². The lowest BCUT2D eigenvalue weighted by Gasteiger charge is -2.09. The molecule has 7 heteroatoms. The molecule has 0 saturated carbocycles. The number of carbonyl (C=O) groups excluding carboxylic acids is 1. The van der Waals surface area contributed by atoms with Gasteiger partial charge in [-0.3, -0.25) is 10.1 Å². The number of thiophene rings is 1. The van der Waals surface area contributed by atoms with E-state index in [1.807, 2.05) is 0 Å². The Labute approximate surface area is 119 Å². The highest BCUT2D eigenvalue weighted by Crippen LogP contribution is 2.23. The number of nitrogens with one attached hydrogen (secondary N) is 2. The number of amides is 2. The summed E-state index contributed by atoms with van der Waals surface area (Å²) in [5.74, 6) is -0.297. The molecular weight excluding hydrogens is 278 g/mol. The molecule has 104 valence electrons. The second kappa shape index (κ2) is 6.18. The standard InChI is InChI=1S/C13H13N3O3S/c14-7-8-5-6-11(20-8)12(17)15-9-3-1-2-4-10(9)16-13(18)19/h1-6,16H,7,14H2,(H,15,17)(H,18,19). The maximum absolute atomic E-state index is 12.1. The molecule has 0 radical (unpaired) electrons. The molecule has 1 heterocycles. The molecule has 2 aromatic rings. The highest BCUT2D eigenvalue weighted by molar-refractivity contribution is 7.14. The molecule has 1 aromatic heterocycles. The Morgan fingerprint density at radius 2 is 1.75 bits per heavy atom. The van der Waals surface area contributed by atoms with E-state index >= 15 is 0 Å². The summed E-state index contributed by atoms with van der Waals surface area (Å²) in [5, 5.41) is 13.6. The minimum Gasteiger partial charge on any atom is -0.465 e. The molecule has 20 heavy (non-hydrogen) atoms. The van der Waals surface area contributed by atoms with Gasteiger partial charge in [-0.1, -0.05) is 12.1 Å². The zero-order valence-electron chi connectivity index (χ0n) is 10.4. The van der Waals surface area contributed by atoms with Crippen LogP contribution in [0.2, 0.25) is 0 Å². The van der Waals surface area contributed by atoms with E-state index in [-0.39, 0.29) is 5.91 Å². The van der Waals surface area contributed by atoms with Crippen LogP contribution in [0, 0.1) is 0 Å². The van der Waals surface area contributed by atoms with Crippen LogP contribution in [0.1, 0.15) is 14.5 Å². The average Bonchev–Trinajstić information content (AvgIpc) is 2.89. The van der Waals surface area contributed by atoms with Gasteiger partial charge in [0.05, 0.1) is 16.3 Å². The Balaban J connectivity index is 2.17. The molecule has 0 spiro atoms. The summed E-state index contributed by atoms with van der Waals surface area (Å²) in [7, 11) is 0. The van der Waals surface area contributed by atoms with Gasteiger partial charge < -0.3 is 16.2 Å². The van der Waals surface area contributed by atoms with Crippen molar-refractivity contribution in [2.24, 2.45) is 5.73 Å². The van der Waals surface area contributed by atoms with Gasteiger partial charge in [-0.15, -0.1) is 11.3 Å². The monoisotopic (exact) mass is 291 g/mol. The fourth-order valence-corrected chi connectivity index (χ4v) is 2.39. The van der Waals surface area contributed by atoms with Crippen molar-refractivity contribution < 1.29 is 14.7 Å². The van der Waals surface area contributed by atoms with Gasteiger partial charge in [0.15, 0.2) is 0 Å². The van der Waals surface area contributed by atoms with Crippen molar-refractivity contribution in [3.05, 3.63) is 46.2 Å². The van der Waals surface area contributed by atoms with Crippen LogP contribution in [0.3, 0.4) is 0 Å². The van der Waals surface area contributed by atoms with Crippen molar-refractivity contribution >= 4 is 34.7 Å². The van der Waals surface area contributed by atoms with E-state index in [1.54, 1.807) is 36.4 Å². The fourth-order valence-electron chi connectivity index (χ4n) is 1.61. The molecule has 0 bridgehead atoms. The third-order valence-electron chi connectivity index (χ3n) is 2.50. The zero-order chi connectivity index (χ0) is 14.5. The lowest BCUT2D eigenvalue weighted by molar-refractivity contribution is 0.103. The van der Waals surface area contributed by atoms with Crippen molar-refractivity contribution in [1.82, 2.24) is 0 Å². The second-order valence-corrected chi connectivity index (χ2v) is 5.07. The number of rotatable bonds is 4. The van der Waals surface area contributed by atoms with Crippen molar-refractivity contribution in [2.75, 3.05) is 10.6 Å². The summed E-state index contributed by atoms with van der Waals surface area (Å²) in [5.41, 5.74) is 6.23. The normalized spacial score (nSPS) is 10.1. The Morgan fingerprint density at radius 1 is 1.10 bits per heavy atom. The van der Waals surface area contributed by atoms with Gasteiger partial charge in [-0.25, -0.2) is 4.79 Å². The number of benzene rings is 1. The van der Waals surface area contributed by atoms with E-state index in [9.17, 15) is 9.59 Å². The fraction of sp³-hybridized carbons (Fsp3) is 0.0769. The minimum atomic E-state index is -1.19. The first-order chi connectivity index (χ1) is 9.60. The molecule has 0 saturated heterocycles. The predicted octanol–water partition coefficient (Wildman–Crippen LogP) is 2.55. The maximum atomic E-state index is 12.1. The van der Waals surface area contributed by atoms with Crippen molar-refractivity contribution in [1.29, 1.82) is 0 Å². The summed E-state index contributed by atoms with van der Waals surface area (Å²) < 4.78 is 0.